The molecule has 1 N–H and O–H groups in total. The van der Waals surface area contributed by atoms with Crippen molar-refractivity contribution in [3.8, 4) is 0 Å². The van der Waals surface area contributed by atoms with Gasteiger partial charge in [-0.05, 0) is 25.7 Å². The first kappa shape index (κ1) is 17.3. The van der Waals surface area contributed by atoms with Crippen LogP contribution in [0.15, 0.2) is 12.7 Å². The van der Waals surface area contributed by atoms with Crippen molar-refractivity contribution in [3.63, 3.8) is 0 Å². The zero-order valence-corrected chi connectivity index (χ0v) is 14.1. The van der Waals surface area contributed by atoms with Gasteiger partial charge in [-0.1, -0.05) is 0 Å². The lowest BCUT2D eigenvalue weighted by atomic mass is 9.79. The summed E-state index contributed by atoms with van der Waals surface area (Å²) >= 11 is 0. The van der Waals surface area contributed by atoms with Crippen molar-refractivity contribution in [2.45, 2.75) is 56.4 Å². The Morgan fingerprint density at radius 3 is 3.04 bits per heavy atom. The summed E-state index contributed by atoms with van der Waals surface area (Å²) in [7, 11) is 1.74. The summed E-state index contributed by atoms with van der Waals surface area (Å²) in [5, 5.41) is 13.0. The van der Waals surface area contributed by atoms with Gasteiger partial charge < -0.3 is 19.5 Å². The average Bonchev–Trinajstić information content (AvgIpc) is 3.25. The molecule has 2 unspecified atom stereocenters. The number of methoxy groups -OCH3 is 1. The average molecular weight is 338 g/mol. The molecule has 0 bridgehead atoms. The van der Waals surface area contributed by atoms with E-state index in [0.717, 1.165) is 32.2 Å². The number of ether oxygens (including phenoxy) is 2. The second-order valence-electron chi connectivity index (χ2n) is 6.52. The second-order valence-corrected chi connectivity index (χ2v) is 6.52. The fraction of sp³-hybridized carbons (Fsp3) is 0.812. The molecule has 2 fully saturated rings. The van der Waals surface area contributed by atoms with E-state index in [1.807, 2.05) is 4.90 Å². The van der Waals surface area contributed by atoms with E-state index in [1.54, 1.807) is 18.1 Å². The molecule has 1 saturated carbocycles. The Kier molecular flexibility index (Phi) is 5.47. The van der Waals surface area contributed by atoms with E-state index in [-0.39, 0.29) is 30.3 Å². The largest absolute Gasteiger partial charge is 0.394 e. The lowest BCUT2D eigenvalue weighted by Crippen LogP contribution is -2.53. The van der Waals surface area contributed by atoms with Gasteiger partial charge in [0.15, 0.2) is 0 Å². The topological polar surface area (TPSA) is 89.7 Å². The maximum absolute atomic E-state index is 12.7. The first-order chi connectivity index (χ1) is 11.7. The lowest BCUT2D eigenvalue weighted by Gasteiger charge is -2.43. The Bertz CT molecular complexity index is 538. The molecule has 2 aliphatic rings. The molecule has 8 nitrogen and oxygen atoms in total. The minimum Gasteiger partial charge on any atom is -0.394 e. The third-order valence-corrected chi connectivity index (χ3v) is 5.33. The van der Waals surface area contributed by atoms with Gasteiger partial charge in [-0.3, -0.25) is 9.48 Å². The number of likely N-dealkylation sites (tertiary alicyclic amines) is 1. The van der Waals surface area contributed by atoms with E-state index in [1.165, 1.54) is 6.33 Å². The number of amides is 1. The number of rotatable bonds is 7. The molecule has 8 heteroatoms. The van der Waals surface area contributed by atoms with Crippen LogP contribution in [0.3, 0.4) is 0 Å². The van der Waals surface area contributed by atoms with E-state index in [4.69, 9.17) is 14.6 Å². The molecule has 24 heavy (non-hydrogen) atoms. The summed E-state index contributed by atoms with van der Waals surface area (Å²) < 4.78 is 13.2. The van der Waals surface area contributed by atoms with Gasteiger partial charge in [0.25, 0.3) is 0 Å². The van der Waals surface area contributed by atoms with Gasteiger partial charge in [0.1, 0.15) is 12.7 Å². The van der Waals surface area contributed by atoms with Crippen LogP contribution in [-0.4, -0.2) is 75.3 Å². The summed E-state index contributed by atoms with van der Waals surface area (Å²) in [4.78, 5) is 18.6. The molecule has 2 heterocycles. The number of aliphatic hydroxyl groups excluding tert-OH is 1. The summed E-state index contributed by atoms with van der Waals surface area (Å²) in [6.07, 6.45) is 7.01. The number of hydrogen-bond donors (Lipinski definition) is 1. The number of carbonyl (C=O) groups excluding carboxylic acids is 1. The highest BCUT2D eigenvalue weighted by Crippen LogP contribution is 2.43. The molecule has 1 aromatic rings. The number of nitrogens with zero attached hydrogens (tertiary/aromatic N) is 4. The molecule has 0 aromatic carbocycles. The van der Waals surface area contributed by atoms with E-state index in [9.17, 15) is 4.79 Å². The lowest BCUT2D eigenvalue weighted by molar-refractivity contribution is -0.142. The second kappa shape index (κ2) is 7.58. The van der Waals surface area contributed by atoms with E-state index >= 15 is 0 Å². The van der Waals surface area contributed by atoms with Crippen molar-refractivity contribution in [3.05, 3.63) is 12.7 Å². The fourth-order valence-electron chi connectivity index (χ4n) is 4.03. The number of aliphatic hydroxyl groups is 1. The van der Waals surface area contributed by atoms with Crippen LogP contribution >= 0.6 is 0 Å². The highest BCUT2D eigenvalue weighted by atomic mass is 16.5. The number of hydrogen-bond acceptors (Lipinski definition) is 6. The van der Waals surface area contributed by atoms with Gasteiger partial charge in [-0.15, -0.1) is 0 Å². The normalized spacial score (nSPS) is 29.7. The molecule has 1 amide bonds. The van der Waals surface area contributed by atoms with Gasteiger partial charge in [0, 0.05) is 20.1 Å². The van der Waals surface area contributed by atoms with Gasteiger partial charge in [-0.2, -0.15) is 5.10 Å². The van der Waals surface area contributed by atoms with E-state index in [0.29, 0.717) is 19.6 Å². The number of aryl methyl sites for hydroxylation is 1. The quantitative estimate of drug-likeness (QED) is 0.765. The molecule has 0 radical (unpaired) electrons. The van der Waals surface area contributed by atoms with E-state index < -0.39 is 0 Å². The SMILES string of the molecule is CO[C@@]12CCC(OCCO)CC1N(C(=O)CCn1cncn1)CC2. The maximum Gasteiger partial charge on any atom is 0.224 e. The summed E-state index contributed by atoms with van der Waals surface area (Å²) in [6.45, 7) is 1.63. The number of carbonyl (C=O) groups is 1. The third-order valence-electron chi connectivity index (χ3n) is 5.33. The van der Waals surface area contributed by atoms with Crippen molar-refractivity contribution in [2.24, 2.45) is 0 Å². The Balaban J connectivity index is 1.63. The fourth-order valence-corrected chi connectivity index (χ4v) is 4.03. The Morgan fingerprint density at radius 1 is 1.46 bits per heavy atom. The molecular formula is C16H26N4O4. The molecule has 0 spiro atoms. The van der Waals surface area contributed by atoms with Gasteiger partial charge in [0.2, 0.25) is 5.91 Å². The molecule has 3 atom stereocenters. The van der Waals surface area contributed by atoms with Crippen LogP contribution in [0.1, 0.15) is 32.1 Å². The first-order valence-electron chi connectivity index (χ1n) is 8.58. The maximum atomic E-state index is 12.7. The van der Waals surface area contributed by atoms with Gasteiger partial charge >= 0.3 is 0 Å². The molecule has 134 valence electrons. The zero-order chi connectivity index (χ0) is 17.0. The van der Waals surface area contributed by atoms with Crippen LogP contribution < -0.4 is 0 Å². The zero-order valence-electron chi connectivity index (χ0n) is 14.1. The van der Waals surface area contributed by atoms with Crippen molar-refractivity contribution < 1.29 is 19.4 Å². The Morgan fingerprint density at radius 2 is 2.33 bits per heavy atom. The summed E-state index contributed by atoms with van der Waals surface area (Å²) in [5.41, 5.74) is -0.248. The smallest absolute Gasteiger partial charge is 0.224 e. The van der Waals surface area contributed by atoms with Gasteiger partial charge in [-0.25, -0.2) is 4.98 Å². The van der Waals surface area contributed by atoms with Crippen LogP contribution in [0.5, 0.6) is 0 Å². The summed E-state index contributed by atoms with van der Waals surface area (Å²) in [6, 6.07) is 0.0446. The monoisotopic (exact) mass is 338 g/mol. The Hall–Kier alpha value is -1.51. The molecule has 3 rings (SSSR count). The van der Waals surface area contributed by atoms with Crippen molar-refractivity contribution in [1.29, 1.82) is 0 Å². The summed E-state index contributed by atoms with van der Waals surface area (Å²) in [5.74, 6) is 0.122. The first-order valence-corrected chi connectivity index (χ1v) is 8.58. The van der Waals surface area contributed by atoms with Crippen molar-refractivity contribution in [1.82, 2.24) is 19.7 Å². The van der Waals surface area contributed by atoms with Crippen LogP contribution in [0.4, 0.5) is 0 Å². The van der Waals surface area contributed by atoms with E-state index in [2.05, 4.69) is 10.1 Å². The molecule has 1 aliphatic carbocycles. The number of fused-ring (bicyclic) bond motifs is 1. The molecule has 1 aliphatic heterocycles. The van der Waals surface area contributed by atoms with Crippen LogP contribution in [0, 0.1) is 0 Å². The number of aromatic nitrogens is 3. The van der Waals surface area contributed by atoms with Crippen molar-refractivity contribution >= 4 is 5.91 Å². The van der Waals surface area contributed by atoms with Crippen LogP contribution in [-0.2, 0) is 20.8 Å². The third kappa shape index (κ3) is 3.45. The predicted octanol–water partition coefficient (Wildman–Crippen LogP) is 0.216. The molecule has 1 saturated heterocycles. The predicted molar refractivity (Wildman–Crippen MR) is 85.2 cm³/mol. The standard InChI is InChI=1S/C16H26N4O4/c1-23-16-4-2-13(24-9-8-21)10-14(16)20(7-5-16)15(22)3-6-19-12-17-11-18-19/h11-14,21H,2-10H2,1H3/t13?,14?,16-/m1/s1. The van der Waals surface area contributed by atoms with Crippen molar-refractivity contribution in [2.75, 3.05) is 26.9 Å². The highest BCUT2D eigenvalue weighted by Gasteiger charge is 2.52. The van der Waals surface area contributed by atoms with Gasteiger partial charge in [0.05, 0.1) is 37.5 Å². The minimum absolute atomic E-state index is 0.0249. The molecular weight excluding hydrogens is 312 g/mol. The highest BCUT2D eigenvalue weighted by molar-refractivity contribution is 5.77. The van der Waals surface area contributed by atoms with Crippen LogP contribution in [0.25, 0.3) is 0 Å². The van der Waals surface area contributed by atoms with Crippen LogP contribution in [0.2, 0.25) is 0 Å². The minimum atomic E-state index is -0.248. The molecule has 1 aromatic heterocycles. The Labute approximate surface area is 141 Å².